The van der Waals surface area contributed by atoms with E-state index < -0.39 is 17.6 Å². The van der Waals surface area contributed by atoms with Gasteiger partial charge in [0.2, 0.25) is 5.75 Å². The minimum Gasteiger partial charge on any atom is -0.483 e. The fourth-order valence-electron chi connectivity index (χ4n) is 4.34. The Morgan fingerprint density at radius 3 is 2.72 bits per heavy atom. The van der Waals surface area contributed by atoms with Crippen LogP contribution in [0.5, 0.6) is 17.4 Å². The third-order valence-electron chi connectivity index (χ3n) is 6.48. The summed E-state index contributed by atoms with van der Waals surface area (Å²) in [4.78, 5) is 25.3. The molecule has 1 aromatic heterocycles. The van der Waals surface area contributed by atoms with Crippen LogP contribution in [0.3, 0.4) is 0 Å². The number of hydrogen-bond donors (Lipinski definition) is 2. The molecule has 206 valence electrons. The lowest BCUT2D eigenvalue weighted by Crippen LogP contribution is -2.44. The number of halogens is 4. The van der Waals surface area contributed by atoms with Crippen molar-refractivity contribution in [2.24, 2.45) is 0 Å². The highest BCUT2D eigenvalue weighted by Gasteiger charge is 2.34. The molecule has 1 saturated heterocycles. The number of piperazine rings is 1. The number of rotatable bonds is 6. The van der Waals surface area contributed by atoms with Crippen LogP contribution >= 0.6 is 11.6 Å². The van der Waals surface area contributed by atoms with E-state index in [4.69, 9.17) is 21.1 Å². The summed E-state index contributed by atoms with van der Waals surface area (Å²) in [7, 11) is 1.99. The van der Waals surface area contributed by atoms with E-state index in [0.29, 0.717) is 37.8 Å². The summed E-state index contributed by atoms with van der Waals surface area (Å²) in [6.45, 7) is 4.12. The van der Waals surface area contributed by atoms with Gasteiger partial charge < -0.3 is 25.0 Å². The molecule has 1 fully saturated rings. The van der Waals surface area contributed by atoms with E-state index in [-0.39, 0.29) is 40.0 Å². The average Bonchev–Trinajstić information content (AvgIpc) is 2.91. The first-order valence-electron chi connectivity index (χ1n) is 12.3. The molecule has 2 aliphatic rings. The van der Waals surface area contributed by atoms with Crippen LogP contribution in [0.4, 0.5) is 24.7 Å². The highest BCUT2D eigenvalue weighted by Crippen LogP contribution is 2.39. The third kappa shape index (κ3) is 6.35. The molecule has 9 nitrogen and oxygen atoms in total. The average molecular weight is 563 g/mol. The number of alkyl halides is 3. The molecule has 1 amide bonds. The minimum atomic E-state index is -4.57. The molecule has 0 radical (unpaired) electrons. The van der Waals surface area contributed by atoms with Crippen molar-refractivity contribution >= 4 is 29.0 Å². The fourth-order valence-corrected chi connectivity index (χ4v) is 4.50. The summed E-state index contributed by atoms with van der Waals surface area (Å²) in [5, 5.41) is 5.82. The van der Waals surface area contributed by atoms with Gasteiger partial charge in [-0.05, 0) is 42.9 Å². The zero-order chi connectivity index (χ0) is 27.6. The van der Waals surface area contributed by atoms with E-state index in [1.165, 1.54) is 36.7 Å². The maximum Gasteiger partial charge on any atom is 0.416 e. The molecule has 2 aliphatic heterocycles. The Hall–Kier alpha value is -3.61. The number of amides is 1. The molecular weight excluding hydrogens is 537 g/mol. The van der Waals surface area contributed by atoms with Gasteiger partial charge in [0.25, 0.3) is 11.8 Å². The van der Waals surface area contributed by atoms with Crippen LogP contribution in [0.25, 0.3) is 0 Å². The zero-order valence-electron chi connectivity index (χ0n) is 21.0. The number of fused-ring (bicyclic) bond motifs is 1. The van der Waals surface area contributed by atoms with Crippen molar-refractivity contribution in [1.82, 2.24) is 19.8 Å². The van der Waals surface area contributed by atoms with Crippen LogP contribution in [0, 0.1) is 0 Å². The molecule has 2 N–H and O–H groups in total. The topological polar surface area (TPSA) is 91.9 Å². The van der Waals surface area contributed by atoms with Crippen molar-refractivity contribution in [3.8, 4) is 17.4 Å². The van der Waals surface area contributed by atoms with Crippen LogP contribution in [-0.4, -0.2) is 72.1 Å². The number of benzene rings is 2. The van der Waals surface area contributed by atoms with Crippen LogP contribution in [0.1, 0.15) is 21.5 Å². The molecule has 2 aromatic carbocycles. The normalized spacial score (nSPS) is 16.1. The second kappa shape index (κ2) is 11.2. The molecule has 0 bridgehead atoms. The van der Waals surface area contributed by atoms with Gasteiger partial charge >= 0.3 is 6.18 Å². The van der Waals surface area contributed by atoms with Gasteiger partial charge in [0.15, 0.2) is 5.82 Å². The second-order valence-corrected chi connectivity index (χ2v) is 9.69. The van der Waals surface area contributed by atoms with Crippen molar-refractivity contribution in [2.75, 3.05) is 57.0 Å². The van der Waals surface area contributed by atoms with Gasteiger partial charge in [0.1, 0.15) is 18.7 Å². The fraction of sp³-hybridized carbons (Fsp3) is 0.346. The van der Waals surface area contributed by atoms with Gasteiger partial charge in [-0.2, -0.15) is 18.2 Å². The Morgan fingerprint density at radius 1 is 1.15 bits per heavy atom. The Balaban J connectivity index is 1.33. The van der Waals surface area contributed by atoms with Crippen LogP contribution in [0.15, 0.2) is 42.7 Å². The summed E-state index contributed by atoms with van der Waals surface area (Å²) >= 11 is 6.28. The number of aromatic nitrogens is 2. The molecule has 5 rings (SSSR count). The molecule has 13 heteroatoms. The maximum atomic E-state index is 13.9. The van der Waals surface area contributed by atoms with Crippen molar-refractivity contribution in [1.29, 1.82) is 0 Å². The van der Waals surface area contributed by atoms with Crippen molar-refractivity contribution in [3.05, 3.63) is 64.4 Å². The predicted octanol–water partition coefficient (Wildman–Crippen LogP) is 4.75. The number of ether oxygens (including phenoxy) is 2. The molecule has 0 spiro atoms. The van der Waals surface area contributed by atoms with E-state index in [1.807, 2.05) is 11.9 Å². The van der Waals surface area contributed by atoms with Gasteiger partial charge in [-0.1, -0.05) is 17.7 Å². The SMILES string of the molecule is CN1CCN(Cc2ccc(NC(=O)c3ccc(Cl)c(Oc4ncnc5c4OCCN5)c3)cc2C(F)(F)F)CC1. The smallest absolute Gasteiger partial charge is 0.416 e. The molecular formula is C26H26ClF3N6O3. The van der Waals surface area contributed by atoms with Crippen LogP contribution < -0.4 is 20.1 Å². The summed E-state index contributed by atoms with van der Waals surface area (Å²) in [6.07, 6.45) is -3.27. The Bertz CT molecular complexity index is 1370. The highest BCUT2D eigenvalue weighted by molar-refractivity contribution is 6.32. The monoisotopic (exact) mass is 562 g/mol. The number of nitrogens with zero attached hydrogens (tertiary/aromatic N) is 4. The Morgan fingerprint density at radius 2 is 1.95 bits per heavy atom. The van der Waals surface area contributed by atoms with Crippen molar-refractivity contribution in [3.63, 3.8) is 0 Å². The zero-order valence-corrected chi connectivity index (χ0v) is 21.8. The van der Waals surface area contributed by atoms with E-state index in [1.54, 1.807) is 0 Å². The number of carbonyl (C=O) groups is 1. The second-order valence-electron chi connectivity index (χ2n) is 9.28. The largest absolute Gasteiger partial charge is 0.483 e. The lowest BCUT2D eigenvalue weighted by Gasteiger charge is -2.33. The Kier molecular flexibility index (Phi) is 7.78. The lowest BCUT2D eigenvalue weighted by molar-refractivity contribution is -0.138. The lowest BCUT2D eigenvalue weighted by atomic mass is 10.0. The molecule has 0 unspecified atom stereocenters. The van der Waals surface area contributed by atoms with Gasteiger partial charge in [-0.3, -0.25) is 9.69 Å². The first kappa shape index (κ1) is 27.0. The molecule has 3 heterocycles. The number of likely N-dealkylation sites (N-methyl/N-ethyl adjacent to an activating group) is 1. The van der Waals surface area contributed by atoms with Crippen LogP contribution in [0.2, 0.25) is 5.02 Å². The van der Waals surface area contributed by atoms with Crippen LogP contribution in [-0.2, 0) is 12.7 Å². The number of nitrogens with one attached hydrogen (secondary N) is 2. The highest BCUT2D eigenvalue weighted by atomic mass is 35.5. The Labute approximate surface area is 227 Å². The standard InChI is InChI=1S/C26H26ClF3N6O3/c1-35-7-9-36(10-8-35)14-17-2-4-18(13-19(17)26(28,29)30)34-24(37)16-3-5-20(27)21(12-16)39-25-22-23(32-15-33-25)31-6-11-38-22/h2-5,12-13,15H,6-11,14H2,1H3,(H,34,37)(H,31,32,33). The summed E-state index contributed by atoms with van der Waals surface area (Å²) in [5.74, 6) is 0.383. The molecule has 39 heavy (non-hydrogen) atoms. The predicted molar refractivity (Wildman–Crippen MR) is 140 cm³/mol. The van der Waals surface area contributed by atoms with Gasteiger partial charge in [0, 0.05) is 44.0 Å². The van der Waals surface area contributed by atoms with E-state index in [0.717, 1.165) is 19.2 Å². The number of anilines is 2. The minimum absolute atomic E-state index is 0.0243. The number of hydrogen-bond acceptors (Lipinski definition) is 8. The van der Waals surface area contributed by atoms with Crippen molar-refractivity contribution in [2.45, 2.75) is 12.7 Å². The molecule has 3 aromatic rings. The molecule has 0 saturated carbocycles. The van der Waals surface area contributed by atoms with E-state index in [2.05, 4.69) is 25.5 Å². The summed E-state index contributed by atoms with van der Waals surface area (Å²) < 4.78 is 53.2. The van der Waals surface area contributed by atoms with Crippen molar-refractivity contribution < 1.29 is 27.4 Å². The summed E-state index contributed by atoms with van der Waals surface area (Å²) in [6, 6.07) is 8.15. The van der Waals surface area contributed by atoms with E-state index in [9.17, 15) is 18.0 Å². The summed E-state index contributed by atoms with van der Waals surface area (Å²) in [5.41, 5.74) is -0.457. The quantitative estimate of drug-likeness (QED) is 0.445. The molecule has 0 atom stereocenters. The maximum absolute atomic E-state index is 13.9. The van der Waals surface area contributed by atoms with Gasteiger partial charge in [-0.25, -0.2) is 4.98 Å². The first-order valence-corrected chi connectivity index (χ1v) is 12.7. The van der Waals surface area contributed by atoms with E-state index >= 15 is 0 Å². The number of carbonyl (C=O) groups excluding carboxylic acids is 1. The van der Waals surface area contributed by atoms with Gasteiger partial charge in [-0.15, -0.1) is 0 Å². The van der Waals surface area contributed by atoms with Gasteiger partial charge in [0.05, 0.1) is 17.1 Å². The molecule has 0 aliphatic carbocycles. The third-order valence-corrected chi connectivity index (χ3v) is 6.79. The first-order chi connectivity index (χ1) is 18.7.